The number of halogens is 3. The lowest BCUT2D eigenvalue weighted by molar-refractivity contribution is -0.377. The number of alkyl halides is 3. The van der Waals surface area contributed by atoms with Gasteiger partial charge in [-0.15, -0.1) is 0 Å². The zero-order valence-electron chi connectivity index (χ0n) is 10.3. The molecule has 1 aliphatic heterocycles. The number of aromatic nitrogens is 1. The summed E-state index contributed by atoms with van der Waals surface area (Å²) in [4.78, 5) is 5.34. The van der Waals surface area contributed by atoms with Crippen LogP contribution in [0.1, 0.15) is 0 Å². The van der Waals surface area contributed by atoms with Gasteiger partial charge in [-0.2, -0.15) is 13.2 Å². The summed E-state index contributed by atoms with van der Waals surface area (Å²) in [6, 6.07) is 4.18. The van der Waals surface area contributed by atoms with Gasteiger partial charge in [-0.1, -0.05) is 0 Å². The normalized spacial score (nSPS) is 16.3. The fourth-order valence-electron chi connectivity index (χ4n) is 1.41. The smallest absolute Gasteiger partial charge is 0.485 e. The maximum atomic E-state index is 10.7. The molecule has 0 aromatic carbocycles. The summed E-state index contributed by atoms with van der Waals surface area (Å²) in [5.74, 6) is 0. The molecule has 1 aliphatic rings. The first kappa shape index (κ1) is 16.7. The minimum absolute atomic E-state index is 0.846. The molecule has 0 aliphatic carbocycles. The first-order valence-corrected chi connectivity index (χ1v) is 6.93. The van der Waals surface area contributed by atoms with Gasteiger partial charge in [0.05, 0.1) is 13.2 Å². The van der Waals surface area contributed by atoms with E-state index in [9.17, 15) is 13.2 Å². The number of nitrogens with zero attached hydrogens (tertiary/aromatic N) is 1. The molecular formula is C10H13F3N2O4S. The standard InChI is InChI=1S/C9H12N2O.CHF3O3S/c1-3-10-4-2-9(1)11-5-7-12-8-6-11;2-1(3,4)8(5,6)7/h1-4H,5-8H2;(H,5,6,7). The Morgan fingerprint density at radius 2 is 1.65 bits per heavy atom. The zero-order chi connectivity index (χ0) is 15.2. The van der Waals surface area contributed by atoms with Crippen molar-refractivity contribution in [3.63, 3.8) is 0 Å². The summed E-state index contributed by atoms with van der Waals surface area (Å²) in [5, 5.41) is 0. The Kier molecular flexibility index (Phi) is 5.72. The summed E-state index contributed by atoms with van der Waals surface area (Å²) in [6.45, 7) is 3.70. The Hall–Kier alpha value is -1.39. The van der Waals surface area contributed by atoms with Crippen LogP contribution in [0.15, 0.2) is 24.5 Å². The summed E-state index contributed by atoms with van der Waals surface area (Å²) in [7, 11) is -6.09. The molecule has 10 heteroatoms. The van der Waals surface area contributed by atoms with Gasteiger partial charge >= 0.3 is 5.51 Å². The molecule has 1 fully saturated rings. The van der Waals surface area contributed by atoms with Crippen molar-refractivity contribution in [1.82, 2.24) is 0 Å². The number of ether oxygens (including phenoxy) is 1. The Bertz CT molecular complexity index is 501. The third-order valence-corrected chi connectivity index (χ3v) is 2.93. The van der Waals surface area contributed by atoms with Gasteiger partial charge < -0.3 is 14.2 Å². The van der Waals surface area contributed by atoms with E-state index in [-0.39, 0.29) is 0 Å². The molecule has 1 N–H and O–H groups in total. The van der Waals surface area contributed by atoms with Crippen LogP contribution in [0.4, 0.5) is 18.9 Å². The van der Waals surface area contributed by atoms with Crippen molar-refractivity contribution in [2.45, 2.75) is 5.51 Å². The molecule has 0 saturated carbocycles. The molecule has 1 aromatic heterocycles. The van der Waals surface area contributed by atoms with Gasteiger partial charge in [-0.3, -0.25) is 0 Å². The van der Waals surface area contributed by atoms with E-state index < -0.39 is 15.6 Å². The number of rotatable bonds is 1. The molecule has 0 amide bonds. The van der Waals surface area contributed by atoms with Crippen molar-refractivity contribution in [2.24, 2.45) is 0 Å². The Balaban J connectivity index is 0.000000221. The first-order chi connectivity index (χ1) is 9.22. The van der Waals surface area contributed by atoms with Gasteiger partial charge in [0.25, 0.3) is 0 Å². The molecule has 114 valence electrons. The van der Waals surface area contributed by atoms with Gasteiger partial charge in [-0.05, 0) is 0 Å². The van der Waals surface area contributed by atoms with Crippen LogP contribution in [0, 0.1) is 0 Å². The average Bonchev–Trinajstić information content (AvgIpc) is 2.39. The second-order valence-electron chi connectivity index (χ2n) is 3.76. The number of hydrogen-bond acceptors (Lipinski definition) is 5. The first-order valence-electron chi connectivity index (χ1n) is 5.53. The van der Waals surface area contributed by atoms with E-state index in [0.29, 0.717) is 0 Å². The van der Waals surface area contributed by atoms with E-state index >= 15 is 0 Å². The average molecular weight is 314 g/mol. The summed E-state index contributed by atoms with van der Waals surface area (Å²) < 4.78 is 64.2. The van der Waals surface area contributed by atoms with Crippen LogP contribution in [-0.2, 0) is 14.9 Å². The van der Waals surface area contributed by atoms with Gasteiger partial charge in [0.1, 0.15) is 0 Å². The zero-order valence-corrected chi connectivity index (χ0v) is 11.1. The van der Waals surface area contributed by atoms with Gasteiger partial charge in [0.2, 0.25) is 0 Å². The van der Waals surface area contributed by atoms with E-state index in [1.165, 1.54) is 5.69 Å². The third kappa shape index (κ3) is 5.31. The molecule has 0 atom stereocenters. The molecule has 2 heterocycles. The van der Waals surface area contributed by atoms with Crippen LogP contribution in [-0.4, -0.2) is 44.8 Å². The minimum Gasteiger partial charge on any atom is -0.741 e. The Labute approximate surface area is 113 Å². The Morgan fingerprint density at radius 3 is 2.05 bits per heavy atom. The predicted molar refractivity (Wildman–Crippen MR) is 61.8 cm³/mol. The maximum Gasteiger partial charge on any atom is 0.485 e. The van der Waals surface area contributed by atoms with Crippen LogP contribution < -0.4 is 9.88 Å². The van der Waals surface area contributed by atoms with Crippen molar-refractivity contribution in [1.29, 1.82) is 0 Å². The number of aromatic amines is 1. The van der Waals surface area contributed by atoms with Crippen molar-refractivity contribution in [2.75, 3.05) is 31.2 Å². The van der Waals surface area contributed by atoms with Crippen LogP contribution in [0.25, 0.3) is 0 Å². The van der Waals surface area contributed by atoms with E-state index in [1.54, 1.807) is 0 Å². The van der Waals surface area contributed by atoms with Crippen LogP contribution >= 0.6 is 0 Å². The Morgan fingerprint density at radius 1 is 1.20 bits per heavy atom. The second kappa shape index (κ2) is 6.86. The predicted octanol–water partition coefficient (Wildman–Crippen LogP) is 0.389. The number of pyridine rings is 1. The fraction of sp³-hybridized carbons (Fsp3) is 0.500. The maximum absolute atomic E-state index is 10.7. The number of anilines is 1. The summed E-state index contributed by atoms with van der Waals surface area (Å²) in [6.07, 6.45) is 3.90. The van der Waals surface area contributed by atoms with Gasteiger partial charge in [0.15, 0.2) is 22.5 Å². The molecule has 0 bridgehead atoms. The molecule has 0 spiro atoms. The van der Waals surface area contributed by atoms with Crippen LogP contribution in [0.5, 0.6) is 0 Å². The van der Waals surface area contributed by atoms with E-state index in [0.717, 1.165) is 26.3 Å². The van der Waals surface area contributed by atoms with Gasteiger partial charge in [0, 0.05) is 30.9 Å². The molecule has 0 unspecified atom stereocenters. The highest BCUT2D eigenvalue weighted by Crippen LogP contribution is 2.20. The number of H-pyrrole nitrogens is 1. The van der Waals surface area contributed by atoms with E-state index in [2.05, 4.69) is 22.0 Å². The highest BCUT2D eigenvalue weighted by molar-refractivity contribution is 7.86. The molecule has 1 saturated heterocycles. The second-order valence-corrected chi connectivity index (χ2v) is 5.13. The van der Waals surface area contributed by atoms with Crippen molar-refractivity contribution in [3.8, 4) is 0 Å². The van der Waals surface area contributed by atoms with E-state index in [4.69, 9.17) is 17.7 Å². The van der Waals surface area contributed by atoms with Crippen LogP contribution in [0.2, 0.25) is 0 Å². The highest BCUT2D eigenvalue weighted by Gasteiger charge is 2.36. The number of hydrogen-bond donors (Lipinski definition) is 0. The van der Waals surface area contributed by atoms with Crippen molar-refractivity contribution < 1.29 is 35.9 Å². The highest BCUT2D eigenvalue weighted by atomic mass is 32.2. The number of morpholine rings is 1. The minimum atomic E-state index is -6.09. The summed E-state index contributed by atoms with van der Waals surface area (Å²) in [5.41, 5.74) is -4.37. The molecule has 2 rings (SSSR count). The van der Waals surface area contributed by atoms with Crippen molar-refractivity contribution in [3.05, 3.63) is 24.5 Å². The lowest BCUT2D eigenvalue weighted by Crippen LogP contribution is -2.36. The molecular weight excluding hydrogens is 301 g/mol. The molecule has 1 aromatic rings. The van der Waals surface area contributed by atoms with E-state index in [1.807, 2.05) is 12.4 Å². The lowest BCUT2D eigenvalue weighted by atomic mass is 10.3. The third-order valence-electron chi connectivity index (χ3n) is 2.36. The SMILES string of the molecule is O=S(=O)([O-])C(F)(F)F.c1cc(N2CCOCC2)cc[nH+]1. The quantitative estimate of drug-likeness (QED) is 0.553. The topological polar surface area (TPSA) is 83.8 Å². The monoisotopic (exact) mass is 314 g/mol. The number of nitrogens with one attached hydrogen (secondary N) is 1. The fourth-order valence-corrected chi connectivity index (χ4v) is 1.41. The van der Waals surface area contributed by atoms with Gasteiger partial charge in [-0.25, -0.2) is 13.4 Å². The largest absolute Gasteiger partial charge is 0.741 e. The molecule has 0 radical (unpaired) electrons. The van der Waals surface area contributed by atoms with Crippen molar-refractivity contribution >= 4 is 15.8 Å². The van der Waals surface area contributed by atoms with Crippen LogP contribution in [0.3, 0.4) is 0 Å². The summed E-state index contributed by atoms with van der Waals surface area (Å²) >= 11 is 0. The molecule has 20 heavy (non-hydrogen) atoms. The lowest BCUT2D eigenvalue weighted by Gasteiger charge is -2.28. The molecule has 6 nitrogen and oxygen atoms in total.